The minimum absolute atomic E-state index is 0.437. The summed E-state index contributed by atoms with van der Waals surface area (Å²) < 4.78 is 19.5. The molecule has 0 aliphatic carbocycles. The third-order valence-electron chi connectivity index (χ3n) is 0.554. The molecule has 0 saturated heterocycles. The van der Waals surface area contributed by atoms with Crippen molar-refractivity contribution in [1.29, 1.82) is 0 Å². The smallest absolute Gasteiger partial charge is 0.259 e. The first-order chi connectivity index (χ1) is 4.16. The Kier molecular flexibility index (Phi) is 3.70. The van der Waals surface area contributed by atoms with E-state index in [-0.39, 0.29) is 0 Å². The van der Waals surface area contributed by atoms with E-state index in [9.17, 15) is 13.2 Å². The van der Waals surface area contributed by atoms with Crippen molar-refractivity contribution in [2.24, 2.45) is 0 Å². The number of rotatable bonds is 2. The molecule has 0 saturated carbocycles. The molecule has 0 rings (SSSR count). The summed E-state index contributed by atoms with van der Waals surface area (Å²) in [6, 6.07) is 0. The lowest BCUT2D eigenvalue weighted by Gasteiger charge is -1.89. The predicted molar refractivity (Wildman–Crippen MR) is 33.7 cm³/mol. The van der Waals surface area contributed by atoms with E-state index in [0.29, 0.717) is 11.9 Å². The summed E-state index contributed by atoms with van der Waals surface area (Å²) in [6.07, 6.45) is 0. The molecule has 0 aromatic rings. The number of carbonyl (C=O) groups excluding carboxylic acids is 1. The van der Waals surface area contributed by atoms with Gasteiger partial charge in [0.05, 0.1) is 0 Å². The standard InChI is InChI=1S/C4H7NO3S/c1-2-5-4(6)3-9(7)8/h3H,2H2,1H3,(H,5,6). The molecule has 5 heteroatoms. The molecule has 0 unspecified atom stereocenters. The number of carbonyl (C=O) groups is 1. The highest BCUT2D eigenvalue weighted by Gasteiger charge is 1.90. The van der Waals surface area contributed by atoms with Crippen molar-refractivity contribution in [1.82, 2.24) is 5.32 Å². The van der Waals surface area contributed by atoms with Crippen LogP contribution in [0.3, 0.4) is 0 Å². The zero-order valence-electron chi connectivity index (χ0n) is 4.92. The van der Waals surface area contributed by atoms with Crippen LogP contribution >= 0.6 is 0 Å². The normalized spacial score (nSPS) is 8.11. The average molecular weight is 149 g/mol. The fraction of sp³-hybridized carbons (Fsp3) is 0.500. The summed E-state index contributed by atoms with van der Waals surface area (Å²) in [5.41, 5.74) is 0. The molecule has 52 valence electrons. The van der Waals surface area contributed by atoms with Crippen LogP contribution in [0.25, 0.3) is 0 Å². The molecule has 0 radical (unpaired) electrons. The minimum atomic E-state index is -2.38. The quantitative estimate of drug-likeness (QED) is 0.502. The number of hydrogen-bond acceptors (Lipinski definition) is 3. The molecule has 0 aromatic heterocycles. The molecule has 9 heavy (non-hydrogen) atoms. The Morgan fingerprint density at radius 1 is 1.67 bits per heavy atom. The second-order valence-corrected chi connectivity index (χ2v) is 2.03. The molecule has 0 bridgehead atoms. The first-order valence-corrected chi connectivity index (χ1v) is 3.51. The van der Waals surface area contributed by atoms with Crippen LogP contribution < -0.4 is 5.32 Å². The Bertz CT molecular complexity index is 208. The second kappa shape index (κ2) is 4.08. The van der Waals surface area contributed by atoms with Crippen LogP contribution in [0.1, 0.15) is 6.92 Å². The van der Waals surface area contributed by atoms with Crippen LogP contribution in [0.2, 0.25) is 0 Å². The Morgan fingerprint density at radius 2 is 2.22 bits per heavy atom. The highest BCUT2D eigenvalue weighted by Crippen LogP contribution is 1.55. The zero-order valence-corrected chi connectivity index (χ0v) is 5.73. The summed E-state index contributed by atoms with van der Waals surface area (Å²) in [4.78, 5) is 10.3. The van der Waals surface area contributed by atoms with E-state index in [1.807, 2.05) is 0 Å². The summed E-state index contributed by atoms with van der Waals surface area (Å²) in [5, 5.41) is 2.88. The number of nitrogens with one attached hydrogen (secondary N) is 1. The lowest BCUT2D eigenvalue weighted by molar-refractivity contribution is -0.114. The van der Waals surface area contributed by atoms with Gasteiger partial charge in [-0.25, -0.2) is 0 Å². The molecule has 0 atom stereocenters. The molecule has 4 nitrogen and oxygen atoms in total. The maximum absolute atomic E-state index is 10.3. The van der Waals surface area contributed by atoms with Gasteiger partial charge in [0.2, 0.25) is 10.3 Å². The van der Waals surface area contributed by atoms with E-state index in [1.165, 1.54) is 0 Å². The molecule has 1 N–H and O–H groups in total. The fourth-order valence-corrected chi connectivity index (χ4v) is 0.561. The van der Waals surface area contributed by atoms with Crippen LogP contribution in [0.5, 0.6) is 0 Å². The first kappa shape index (κ1) is 8.16. The topological polar surface area (TPSA) is 63.2 Å². The Labute approximate surface area is 54.4 Å². The molecule has 0 spiro atoms. The van der Waals surface area contributed by atoms with Gasteiger partial charge < -0.3 is 5.32 Å². The molecule has 0 aromatic carbocycles. The van der Waals surface area contributed by atoms with E-state index in [1.54, 1.807) is 6.92 Å². The third-order valence-corrected chi connectivity index (χ3v) is 0.961. The van der Waals surface area contributed by atoms with Crippen LogP contribution in [0.15, 0.2) is 0 Å². The van der Waals surface area contributed by atoms with Gasteiger partial charge in [0.25, 0.3) is 5.91 Å². The maximum Gasteiger partial charge on any atom is 0.259 e. The highest BCUT2D eigenvalue weighted by molar-refractivity contribution is 7.73. The Morgan fingerprint density at radius 3 is 2.56 bits per heavy atom. The highest BCUT2D eigenvalue weighted by atomic mass is 32.2. The van der Waals surface area contributed by atoms with Crippen LogP contribution in [-0.4, -0.2) is 26.2 Å². The first-order valence-electron chi connectivity index (χ1n) is 2.37. The van der Waals surface area contributed by atoms with Gasteiger partial charge in [-0.05, 0) is 6.92 Å². The third kappa shape index (κ3) is 5.02. The van der Waals surface area contributed by atoms with Crippen LogP contribution in [0.4, 0.5) is 0 Å². The summed E-state index contributed by atoms with van der Waals surface area (Å²) in [6.45, 7) is 2.14. The summed E-state index contributed by atoms with van der Waals surface area (Å²) in [5.74, 6) is -0.578. The Balaban J connectivity index is 3.94. The predicted octanol–water partition coefficient (Wildman–Crippen LogP) is -1.20. The van der Waals surface area contributed by atoms with Crippen molar-refractivity contribution in [2.75, 3.05) is 6.54 Å². The van der Waals surface area contributed by atoms with Gasteiger partial charge in [0.1, 0.15) is 5.37 Å². The van der Waals surface area contributed by atoms with Crippen molar-refractivity contribution in [3.63, 3.8) is 0 Å². The van der Waals surface area contributed by atoms with E-state index in [0.717, 1.165) is 0 Å². The molecular formula is C4H7NO3S. The molecule has 0 aliphatic heterocycles. The molecule has 1 amide bonds. The van der Waals surface area contributed by atoms with E-state index in [2.05, 4.69) is 5.32 Å². The average Bonchev–Trinajstić information content (AvgIpc) is 1.63. The monoisotopic (exact) mass is 149 g/mol. The summed E-state index contributed by atoms with van der Waals surface area (Å²) >= 11 is 0. The second-order valence-electron chi connectivity index (χ2n) is 1.27. The van der Waals surface area contributed by atoms with Crippen molar-refractivity contribution in [3.05, 3.63) is 0 Å². The van der Waals surface area contributed by atoms with Gasteiger partial charge in [0.15, 0.2) is 0 Å². The molecule has 0 aliphatic rings. The SMILES string of the molecule is CCNC(=O)C=S(=O)=O. The van der Waals surface area contributed by atoms with Gasteiger partial charge in [-0.15, -0.1) is 0 Å². The minimum Gasteiger partial charge on any atom is -0.352 e. The van der Waals surface area contributed by atoms with Crippen molar-refractivity contribution in [2.45, 2.75) is 6.92 Å². The number of amides is 1. The Hall–Kier alpha value is -0.840. The summed E-state index contributed by atoms with van der Waals surface area (Å²) in [7, 11) is -2.38. The number of hydrogen-bond donors (Lipinski definition) is 1. The molecule has 0 fully saturated rings. The fourth-order valence-electron chi connectivity index (χ4n) is 0.303. The zero-order chi connectivity index (χ0) is 7.28. The van der Waals surface area contributed by atoms with E-state index in [4.69, 9.17) is 0 Å². The van der Waals surface area contributed by atoms with Gasteiger partial charge in [-0.3, -0.25) is 4.79 Å². The van der Waals surface area contributed by atoms with Gasteiger partial charge in [-0.1, -0.05) is 0 Å². The van der Waals surface area contributed by atoms with Crippen LogP contribution in [-0.2, 0) is 15.1 Å². The van der Waals surface area contributed by atoms with Gasteiger partial charge in [-0.2, -0.15) is 8.42 Å². The van der Waals surface area contributed by atoms with Crippen LogP contribution in [0, 0.1) is 0 Å². The van der Waals surface area contributed by atoms with E-state index < -0.39 is 16.2 Å². The van der Waals surface area contributed by atoms with Crippen molar-refractivity contribution >= 4 is 21.6 Å². The lowest BCUT2D eigenvalue weighted by Crippen LogP contribution is -2.23. The van der Waals surface area contributed by atoms with Crippen molar-refractivity contribution < 1.29 is 13.2 Å². The molecule has 0 heterocycles. The lowest BCUT2D eigenvalue weighted by atomic mass is 10.6. The van der Waals surface area contributed by atoms with Gasteiger partial charge >= 0.3 is 0 Å². The van der Waals surface area contributed by atoms with Gasteiger partial charge in [0, 0.05) is 6.54 Å². The molecular weight excluding hydrogens is 142 g/mol. The largest absolute Gasteiger partial charge is 0.352 e. The maximum atomic E-state index is 10.3. The van der Waals surface area contributed by atoms with Crippen molar-refractivity contribution in [3.8, 4) is 0 Å². The van der Waals surface area contributed by atoms with E-state index >= 15 is 0 Å².